The molecule has 0 spiro atoms. The van der Waals surface area contributed by atoms with Gasteiger partial charge < -0.3 is 8.94 Å². The molecule has 3 aromatic rings. The second-order valence-electron chi connectivity index (χ2n) is 4.99. The average molecular weight is 348 g/mol. The van der Waals surface area contributed by atoms with Crippen molar-refractivity contribution in [3.05, 3.63) is 41.8 Å². The van der Waals surface area contributed by atoms with Crippen LogP contribution in [0.2, 0.25) is 0 Å². The smallest absolute Gasteiger partial charge is 0.322 e. The van der Waals surface area contributed by atoms with E-state index in [4.69, 9.17) is 8.94 Å². The molecule has 0 radical (unpaired) electrons. The van der Waals surface area contributed by atoms with Crippen LogP contribution in [0.5, 0.6) is 0 Å². The summed E-state index contributed by atoms with van der Waals surface area (Å²) in [7, 11) is -3.36. The van der Waals surface area contributed by atoms with Crippen molar-refractivity contribution in [2.45, 2.75) is 11.8 Å². The van der Waals surface area contributed by atoms with Crippen LogP contribution in [0.25, 0.3) is 11.5 Å². The summed E-state index contributed by atoms with van der Waals surface area (Å²) in [5.74, 6) is 0.00280. The molecule has 1 N–H and O–H groups in total. The van der Waals surface area contributed by atoms with E-state index in [0.717, 1.165) is 6.26 Å². The van der Waals surface area contributed by atoms with Crippen LogP contribution in [-0.2, 0) is 9.84 Å². The predicted octanol–water partition coefficient (Wildman–Crippen LogP) is 1.69. The molecule has 0 saturated heterocycles. The quantitative estimate of drug-likeness (QED) is 0.754. The van der Waals surface area contributed by atoms with Crippen LogP contribution in [0.1, 0.15) is 16.2 Å². The minimum atomic E-state index is -3.36. The van der Waals surface area contributed by atoms with E-state index in [2.05, 4.69) is 20.7 Å². The Kier molecular flexibility index (Phi) is 3.89. The summed E-state index contributed by atoms with van der Waals surface area (Å²) in [4.78, 5) is 12.0. The van der Waals surface area contributed by atoms with Crippen LogP contribution in [0.15, 0.2) is 44.2 Å². The maximum absolute atomic E-state index is 11.9. The van der Waals surface area contributed by atoms with Crippen LogP contribution >= 0.6 is 0 Å². The van der Waals surface area contributed by atoms with E-state index in [0.29, 0.717) is 11.3 Å². The number of sulfone groups is 1. The summed E-state index contributed by atoms with van der Waals surface area (Å²) in [6.45, 7) is 1.66. The van der Waals surface area contributed by atoms with Gasteiger partial charge in [0.15, 0.2) is 15.5 Å². The predicted molar refractivity (Wildman–Crippen MR) is 82.0 cm³/mol. The average Bonchev–Trinajstić information content (AvgIpc) is 3.16. The summed E-state index contributed by atoms with van der Waals surface area (Å²) in [6, 6.07) is 7.38. The molecule has 0 aliphatic rings. The van der Waals surface area contributed by atoms with Gasteiger partial charge in [-0.2, -0.15) is 0 Å². The Morgan fingerprint density at radius 1 is 1.21 bits per heavy atom. The van der Waals surface area contributed by atoms with E-state index in [-0.39, 0.29) is 22.5 Å². The van der Waals surface area contributed by atoms with Gasteiger partial charge in [-0.15, -0.1) is 5.10 Å². The van der Waals surface area contributed by atoms with Gasteiger partial charge in [-0.05, 0) is 25.1 Å². The minimum Gasteiger partial charge on any atom is -0.403 e. The molecular formula is C14H12N4O5S. The summed E-state index contributed by atoms with van der Waals surface area (Å²) in [5.41, 5.74) is 0.495. The van der Waals surface area contributed by atoms with Crippen molar-refractivity contribution in [1.29, 1.82) is 0 Å². The van der Waals surface area contributed by atoms with Crippen molar-refractivity contribution in [2.75, 3.05) is 11.6 Å². The molecule has 1 amide bonds. The number of nitrogens with zero attached hydrogens (tertiary/aromatic N) is 3. The van der Waals surface area contributed by atoms with Gasteiger partial charge in [0.05, 0.1) is 4.90 Å². The van der Waals surface area contributed by atoms with Crippen LogP contribution in [0.4, 0.5) is 6.01 Å². The highest BCUT2D eigenvalue weighted by Gasteiger charge is 2.16. The van der Waals surface area contributed by atoms with Gasteiger partial charge >= 0.3 is 6.01 Å². The number of rotatable bonds is 4. The van der Waals surface area contributed by atoms with E-state index in [1.165, 1.54) is 18.2 Å². The number of anilines is 1. The summed E-state index contributed by atoms with van der Waals surface area (Å²) >= 11 is 0. The number of aryl methyl sites for hydroxylation is 1. The van der Waals surface area contributed by atoms with Gasteiger partial charge in [-0.3, -0.25) is 10.1 Å². The second-order valence-corrected chi connectivity index (χ2v) is 7.01. The standard InChI is InChI=1S/C14H12N4O5S/c1-8-6-11(18-23-8)12(19)15-14-17-16-13(22-14)9-4-3-5-10(7-9)24(2,20)21/h3-7H,1-2H3,(H,15,17,19). The van der Waals surface area contributed by atoms with Crippen molar-refractivity contribution in [1.82, 2.24) is 15.4 Å². The molecular weight excluding hydrogens is 336 g/mol. The highest BCUT2D eigenvalue weighted by molar-refractivity contribution is 7.90. The number of carbonyl (C=O) groups is 1. The fourth-order valence-electron chi connectivity index (χ4n) is 1.88. The molecule has 0 fully saturated rings. The number of nitrogens with one attached hydrogen (secondary N) is 1. The van der Waals surface area contributed by atoms with Crippen LogP contribution < -0.4 is 5.32 Å². The van der Waals surface area contributed by atoms with Gasteiger partial charge in [0.2, 0.25) is 5.89 Å². The molecule has 0 unspecified atom stereocenters. The second kappa shape index (κ2) is 5.89. The molecule has 0 aliphatic heterocycles. The third kappa shape index (κ3) is 3.33. The van der Waals surface area contributed by atoms with Crippen molar-refractivity contribution in [3.63, 3.8) is 0 Å². The van der Waals surface area contributed by atoms with E-state index < -0.39 is 15.7 Å². The lowest BCUT2D eigenvalue weighted by atomic mass is 10.2. The zero-order valence-corrected chi connectivity index (χ0v) is 13.5. The number of aromatic nitrogens is 3. The maximum Gasteiger partial charge on any atom is 0.322 e. The van der Waals surface area contributed by atoms with Crippen molar-refractivity contribution in [3.8, 4) is 11.5 Å². The molecule has 3 rings (SSSR count). The Morgan fingerprint density at radius 3 is 2.67 bits per heavy atom. The highest BCUT2D eigenvalue weighted by Crippen LogP contribution is 2.23. The number of amides is 1. The summed E-state index contributed by atoms with van der Waals surface area (Å²) in [6.07, 6.45) is 1.10. The maximum atomic E-state index is 11.9. The van der Waals surface area contributed by atoms with E-state index in [1.807, 2.05) is 0 Å². The molecule has 2 heterocycles. The van der Waals surface area contributed by atoms with Gasteiger partial charge in [0, 0.05) is 17.9 Å². The van der Waals surface area contributed by atoms with Gasteiger partial charge in [0.25, 0.3) is 5.91 Å². The first-order valence-electron chi connectivity index (χ1n) is 6.71. The molecule has 0 atom stereocenters. The van der Waals surface area contributed by atoms with Gasteiger partial charge in [0.1, 0.15) is 5.76 Å². The van der Waals surface area contributed by atoms with E-state index >= 15 is 0 Å². The molecule has 0 bridgehead atoms. The minimum absolute atomic E-state index is 0.0753. The lowest BCUT2D eigenvalue weighted by Crippen LogP contribution is -2.12. The van der Waals surface area contributed by atoms with Crippen LogP contribution in [0.3, 0.4) is 0 Å². The van der Waals surface area contributed by atoms with Gasteiger partial charge in [-0.25, -0.2) is 8.42 Å². The summed E-state index contributed by atoms with van der Waals surface area (Å²) in [5, 5.41) is 13.5. The lowest BCUT2D eigenvalue weighted by Gasteiger charge is -2.00. The monoisotopic (exact) mass is 348 g/mol. The third-order valence-corrected chi connectivity index (χ3v) is 4.13. The Morgan fingerprint density at radius 2 is 2.00 bits per heavy atom. The fourth-order valence-corrected chi connectivity index (χ4v) is 2.55. The third-order valence-electron chi connectivity index (χ3n) is 3.02. The van der Waals surface area contributed by atoms with Crippen molar-refractivity contribution in [2.24, 2.45) is 0 Å². The van der Waals surface area contributed by atoms with Crippen LogP contribution in [-0.4, -0.2) is 35.9 Å². The summed E-state index contributed by atoms with van der Waals surface area (Å²) < 4.78 is 33.3. The number of benzene rings is 1. The lowest BCUT2D eigenvalue weighted by molar-refractivity contribution is 0.101. The molecule has 0 saturated carbocycles. The highest BCUT2D eigenvalue weighted by atomic mass is 32.2. The SMILES string of the molecule is Cc1cc(C(=O)Nc2nnc(-c3cccc(S(C)(=O)=O)c3)o2)no1. The Hall–Kier alpha value is -3.01. The zero-order chi connectivity index (χ0) is 17.3. The topological polar surface area (TPSA) is 128 Å². The number of hydrogen-bond acceptors (Lipinski definition) is 8. The Balaban J connectivity index is 1.82. The Labute approximate surface area is 136 Å². The first-order valence-corrected chi connectivity index (χ1v) is 8.61. The molecule has 2 aromatic heterocycles. The largest absolute Gasteiger partial charge is 0.403 e. The normalized spacial score (nSPS) is 11.4. The Bertz CT molecular complexity index is 1010. The van der Waals surface area contributed by atoms with Gasteiger partial charge in [-0.1, -0.05) is 16.3 Å². The van der Waals surface area contributed by atoms with E-state index in [1.54, 1.807) is 19.1 Å². The first-order chi connectivity index (χ1) is 11.3. The molecule has 9 nitrogen and oxygen atoms in total. The molecule has 124 valence electrons. The number of carbonyl (C=O) groups excluding carboxylic acids is 1. The molecule has 10 heteroatoms. The fraction of sp³-hybridized carbons (Fsp3) is 0.143. The zero-order valence-electron chi connectivity index (χ0n) is 12.7. The van der Waals surface area contributed by atoms with Crippen LogP contribution in [0, 0.1) is 6.92 Å². The van der Waals surface area contributed by atoms with Crippen molar-refractivity contribution >= 4 is 21.8 Å². The first kappa shape index (κ1) is 15.9. The number of hydrogen-bond donors (Lipinski definition) is 1. The molecule has 1 aromatic carbocycles. The van der Waals surface area contributed by atoms with Crippen molar-refractivity contribution < 1.29 is 22.2 Å². The molecule has 0 aliphatic carbocycles. The van der Waals surface area contributed by atoms with E-state index in [9.17, 15) is 13.2 Å². The molecule has 24 heavy (non-hydrogen) atoms.